The van der Waals surface area contributed by atoms with Crippen molar-refractivity contribution in [2.45, 2.75) is 140 Å². The van der Waals surface area contributed by atoms with Crippen LogP contribution in [0.3, 0.4) is 0 Å². The highest BCUT2D eigenvalue weighted by molar-refractivity contribution is 5.99. The van der Waals surface area contributed by atoms with Gasteiger partial charge in [-0.1, -0.05) is 80.4 Å². The molecule has 2 fully saturated rings. The van der Waals surface area contributed by atoms with Crippen molar-refractivity contribution in [1.29, 1.82) is 0 Å². The number of nitrogens with two attached hydrogens (primary N) is 3. The number of hydrogen-bond acceptors (Lipinski definition) is 10. The largest absolute Gasteiger partial charge is 0.370 e. The van der Waals surface area contributed by atoms with E-state index in [0.717, 1.165) is 21.7 Å². The van der Waals surface area contributed by atoms with Crippen molar-refractivity contribution in [3.8, 4) is 0 Å². The summed E-state index contributed by atoms with van der Waals surface area (Å²) in [6.07, 6.45) is 4.03. The van der Waals surface area contributed by atoms with Crippen LogP contribution >= 0.6 is 0 Å². The Labute approximate surface area is 435 Å². The molecular formula is C53H71N13O9. The predicted molar refractivity (Wildman–Crippen MR) is 282 cm³/mol. The molecule has 0 spiro atoms. The number of nitrogens with zero attached hydrogens (tertiary/aromatic N) is 2. The lowest BCUT2D eigenvalue weighted by molar-refractivity contribution is -0.143. The van der Waals surface area contributed by atoms with Crippen LogP contribution in [0, 0.1) is 0 Å². The van der Waals surface area contributed by atoms with E-state index in [4.69, 9.17) is 17.2 Å². The molecule has 1 aromatic heterocycles. The quantitative estimate of drug-likeness (QED) is 0.0441. The summed E-state index contributed by atoms with van der Waals surface area (Å²) >= 11 is 0. The first-order chi connectivity index (χ1) is 36.0. The number of aliphatic imine (C=N–C) groups is 1. The summed E-state index contributed by atoms with van der Waals surface area (Å²) < 4.78 is 0. The summed E-state index contributed by atoms with van der Waals surface area (Å²) in [5.41, 5.74) is 19.2. The Morgan fingerprint density at radius 2 is 1.47 bits per heavy atom. The van der Waals surface area contributed by atoms with Gasteiger partial charge in [-0.05, 0) is 79.3 Å². The van der Waals surface area contributed by atoms with Crippen LogP contribution in [0.25, 0.3) is 21.7 Å². The second kappa shape index (κ2) is 27.3. The number of unbranched alkanes of at least 4 members (excludes halogenated alkanes) is 1. The molecular weight excluding hydrogens is 963 g/mol. The van der Waals surface area contributed by atoms with Crippen LogP contribution in [-0.2, 0) is 56.0 Å². The lowest BCUT2D eigenvalue weighted by Crippen LogP contribution is -2.60. The van der Waals surface area contributed by atoms with E-state index in [1.54, 1.807) is 6.20 Å². The second-order valence-electron chi connectivity index (χ2n) is 19.2. The minimum absolute atomic E-state index is 0.0255. The van der Waals surface area contributed by atoms with Gasteiger partial charge in [0.05, 0.1) is 6.42 Å². The number of carbonyl (C=O) groups is 9. The summed E-state index contributed by atoms with van der Waals surface area (Å²) in [7, 11) is 0. The predicted octanol–water partition coefficient (Wildman–Crippen LogP) is 0.445. The molecule has 2 saturated heterocycles. The highest BCUT2D eigenvalue weighted by Gasteiger charge is 2.41. The first-order valence-electron chi connectivity index (χ1n) is 25.7. The Morgan fingerprint density at radius 1 is 0.773 bits per heavy atom. The zero-order valence-corrected chi connectivity index (χ0v) is 42.6. The van der Waals surface area contributed by atoms with E-state index in [9.17, 15) is 43.2 Å². The van der Waals surface area contributed by atoms with E-state index in [0.29, 0.717) is 36.8 Å². The van der Waals surface area contributed by atoms with E-state index >= 15 is 0 Å². The second-order valence-corrected chi connectivity index (χ2v) is 19.2. The molecule has 4 aromatic rings. The van der Waals surface area contributed by atoms with Crippen molar-refractivity contribution >= 4 is 80.8 Å². The first kappa shape index (κ1) is 56.3. The number of hydrogen-bond donors (Lipinski definition) is 11. The highest BCUT2D eigenvalue weighted by atomic mass is 16.2. The van der Waals surface area contributed by atoms with Crippen LogP contribution in [0.15, 0.2) is 77.9 Å². The molecule has 2 aliphatic rings. The zero-order chi connectivity index (χ0) is 54.0. The summed E-state index contributed by atoms with van der Waals surface area (Å²) in [4.78, 5) is 134. The van der Waals surface area contributed by atoms with Gasteiger partial charge >= 0.3 is 0 Å². The fraction of sp³-hybridized carbons (Fsp3) is 0.472. The van der Waals surface area contributed by atoms with Gasteiger partial charge in [0.15, 0.2) is 5.96 Å². The number of nitrogens with one attached hydrogen (secondary N) is 8. The molecule has 3 heterocycles. The van der Waals surface area contributed by atoms with Crippen molar-refractivity contribution in [3.63, 3.8) is 0 Å². The van der Waals surface area contributed by atoms with E-state index < -0.39 is 102 Å². The van der Waals surface area contributed by atoms with E-state index in [1.807, 2.05) is 73.7 Å². The van der Waals surface area contributed by atoms with Gasteiger partial charge in [0.25, 0.3) is 0 Å². The molecule has 0 saturated carbocycles. The molecule has 3 aromatic carbocycles. The molecule has 75 heavy (non-hydrogen) atoms. The number of para-hydroxylation sites is 1. The fourth-order valence-electron chi connectivity index (χ4n) is 9.54. The van der Waals surface area contributed by atoms with Crippen molar-refractivity contribution in [2.75, 3.05) is 19.6 Å². The molecule has 2 aliphatic heterocycles. The summed E-state index contributed by atoms with van der Waals surface area (Å²) in [5.74, 6) is -6.45. The van der Waals surface area contributed by atoms with Crippen molar-refractivity contribution in [3.05, 3.63) is 84.1 Å². The van der Waals surface area contributed by atoms with Gasteiger partial charge in [0, 0.05) is 56.5 Å². The molecule has 0 aliphatic carbocycles. The van der Waals surface area contributed by atoms with Gasteiger partial charge in [-0.2, -0.15) is 0 Å². The van der Waals surface area contributed by atoms with Gasteiger partial charge in [-0.3, -0.25) is 48.1 Å². The van der Waals surface area contributed by atoms with Gasteiger partial charge in [0.1, 0.15) is 42.3 Å². The first-order valence-corrected chi connectivity index (χ1v) is 25.7. The maximum atomic E-state index is 14.8. The van der Waals surface area contributed by atoms with Crippen LogP contribution in [0.1, 0.15) is 95.6 Å². The molecule has 22 nitrogen and oxygen atoms in total. The number of rotatable bonds is 15. The number of primary amides is 1. The molecule has 14 N–H and O–H groups in total. The molecule has 9 amide bonds. The number of amides is 9. The van der Waals surface area contributed by atoms with Gasteiger partial charge in [-0.15, -0.1) is 0 Å². The smallest absolute Gasteiger partial charge is 0.246 e. The molecule has 402 valence electrons. The molecule has 6 rings (SSSR count). The van der Waals surface area contributed by atoms with Gasteiger partial charge in [0.2, 0.25) is 53.2 Å². The van der Waals surface area contributed by atoms with Crippen LogP contribution < -0.4 is 54.4 Å². The number of aromatic nitrogens is 1. The third kappa shape index (κ3) is 16.2. The maximum absolute atomic E-state index is 14.8. The standard InChI is InChI=1S/C53H71N13O9/c1-3-4-16-39(60-31(2)67)47(70)65-43-29-45(68)57-23-10-9-18-38(46(54)69)61-50(73)42(28-35-30-59-37-17-8-7-15-36(35)37)63-48(71)40(19-11-24-58-53(55)56)62-49(72)41(64-51(74)44-20-12-25-66(44)52(43)75)27-32-21-22-33-13-5-6-14-34(33)26-32/h5-8,13-15,17,21-22,26,30,38-44,59H,3-4,9-12,16,18-20,23-25,27-29H2,1-2H3,(H2,54,69)(H,57,68)(H,60,67)(H,61,73)(H,62,72)(H,63,71)(H,64,74)(H,65,70)(H4,55,56,58)/t38-,39+,40+,41-,42-,43+,44+/m0/s1. The van der Waals surface area contributed by atoms with Crippen molar-refractivity contribution in [2.24, 2.45) is 22.2 Å². The molecule has 7 atom stereocenters. The molecule has 0 unspecified atom stereocenters. The number of aromatic amines is 1. The Bertz CT molecular complexity index is 2740. The fourth-order valence-corrected chi connectivity index (χ4v) is 9.54. The minimum atomic E-state index is -1.47. The lowest BCUT2D eigenvalue weighted by atomic mass is 9.99. The monoisotopic (exact) mass is 1030 g/mol. The number of fused-ring (bicyclic) bond motifs is 3. The van der Waals surface area contributed by atoms with E-state index in [1.165, 1.54) is 11.8 Å². The molecule has 0 bridgehead atoms. The Hall–Kier alpha value is -8.04. The summed E-state index contributed by atoms with van der Waals surface area (Å²) in [5, 5.41) is 21.9. The minimum Gasteiger partial charge on any atom is -0.370 e. The van der Waals surface area contributed by atoms with Gasteiger partial charge in [-0.25, -0.2) is 0 Å². The molecule has 22 heteroatoms. The normalized spacial score (nSPS) is 22.1. The van der Waals surface area contributed by atoms with Crippen LogP contribution in [0.2, 0.25) is 0 Å². The van der Waals surface area contributed by atoms with Crippen molar-refractivity contribution < 1.29 is 43.2 Å². The summed E-state index contributed by atoms with van der Waals surface area (Å²) in [6, 6.07) is 11.8. The van der Waals surface area contributed by atoms with Crippen LogP contribution in [0.5, 0.6) is 0 Å². The van der Waals surface area contributed by atoms with E-state index in [-0.39, 0.29) is 77.0 Å². The number of carbonyl (C=O) groups excluding carboxylic acids is 9. The SMILES string of the molecule is CCCC[C@@H](NC(C)=O)C(=O)N[C@@H]1CC(=O)NCCCC[C@@H](C(N)=O)NC(=O)[C@H](Cc2c[nH]c3ccccc23)NC(=O)[C@@H](CCCN=C(N)N)NC(=O)[C@H](Cc2ccc3ccccc3c2)NC(=O)[C@H]2CCCN2C1=O. The molecule has 0 radical (unpaired) electrons. The Morgan fingerprint density at radius 3 is 2.21 bits per heavy atom. The number of H-pyrrole nitrogens is 1. The Kier molecular flexibility index (Phi) is 20.5. The average molecular weight is 1030 g/mol. The average Bonchev–Trinajstić information content (AvgIpc) is 4.04. The lowest BCUT2D eigenvalue weighted by Gasteiger charge is -2.31. The van der Waals surface area contributed by atoms with Gasteiger partial charge < -0.3 is 64.3 Å². The van der Waals surface area contributed by atoms with Crippen LogP contribution in [-0.4, -0.2) is 131 Å². The number of benzene rings is 3. The number of guanidine groups is 1. The Balaban J connectivity index is 1.38. The van der Waals surface area contributed by atoms with Crippen molar-refractivity contribution in [1.82, 2.24) is 47.1 Å². The zero-order valence-electron chi connectivity index (χ0n) is 42.6. The maximum Gasteiger partial charge on any atom is 0.246 e. The highest BCUT2D eigenvalue weighted by Crippen LogP contribution is 2.23. The van der Waals surface area contributed by atoms with E-state index in [2.05, 4.69) is 47.2 Å². The third-order valence-electron chi connectivity index (χ3n) is 13.5. The summed E-state index contributed by atoms with van der Waals surface area (Å²) in [6.45, 7) is 3.44. The van der Waals surface area contributed by atoms with Crippen LogP contribution in [0.4, 0.5) is 0 Å². The topological polar surface area (TPSA) is 347 Å². The third-order valence-corrected chi connectivity index (χ3v) is 13.5.